The lowest BCUT2D eigenvalue weighted by molar-refractivity contribution is 0.0408. The number of carbonyl (C=O) groups excluding carboxylic acids is 1. The molecule has 0 radical (unpaired) electrons. The molecule has 0 aliphatic carbocycles. The van der Waals surface area contributed by atoms with Crippen LogP contribution in [-0.2, 0) is 0 Å². The average Bonchev–Trinajstić information content (AvgIpc) is 2.98. The molecule has 0 spiro atoms. The van der Waals surface area contributed by atoms with Crippen LogP contribution in [0.4, 0.5) is 0 Å². The van der Waals surface area contributed by atoms with E-state index < -0.39 is 5.97 Å². The van der Waals surface area contributed by atoms with Gasteiger partial charge in [0, 0.05) is 10.7 Å². The number of carbonyl (C=O) groups is 1. The summed E-state index contributed by atoms with van der Waals surface area (Å²) in [6.07, 6.45) is 1.59. The molecule has 2 heterocycles. The summed E-state index contributed by atoms with van der Waals surface area (Å²) < 4.78 is 0.914. The summed E-state index contributed by atoms with van der Waals surface area (Å²) in [4.78, 5) is 23.0. The molecule has 0 fully saturated rings. The van der Waals surface area contributed by atoms with E-state index in [9.17, 15) is 4.79 Å². The number of hydrogen-bond donors (Lipinski definition) is 0. The molecule has 0 saturated carbocycles. The van der Waals surface area contributed by atoms with Gasteiger partial charge in [-0.3, -0.25) is 0 Å². The van der Waals surface area contributed by atoms with E-state index in [-0.39, 0.29) is 0 Å². The predicted molar refractivity (Wildman–Crippen MR) is 87.9 cm³/mol. The summed E-state index contributed by atoms with van der Waals surface area (Å²) in [7, 11) is 0. The standard InChI is InChI=1S/C16H9BrN4O2/c17-13-8-7-12(10-4-1-2-5-11(10)13)16(22)23-21-15-14(19-20-21)6-3-9-18-15/h1-9H. The maximum atomic E-state index is 12.5. The second-order valence-corrected chi connectivity index (χ2v) is 5.68. The summed E-state index contributed by atoms with van der Waals surface area (Å²) >= 11 is 3.48. The van der Waals surface area contributed by atoms with Crippen molar-refractivity contribution in [3.63, 3.8) is 0 Å². The second-order valence-electron chi connectivity index (χ2n) is 4.83. The van der Waals surface area contributed by atoms with E-state index in [1.54, 1.807) is 24.4 Å². The molecular weight excluding hydrogens is 360 g/mol. The largest absolute Gasteiger partial charge is 0.366 e. The Labute approximate surface area is 138 Å². The zero-order valence-electron chi connectivity index (χ0n) is 11.7. The number of benzene rings is 2. The molecule has 0 N–H and O–H groups in total. The van der Waals surface area contributed by atoms with Gasteiger partial charge in [-0.05, 0) is 45.1 Å². The number of aromatic nitrogens is 4. The van der Waals surface area contributed by atoms with Crippen LogP contribution in [0.3, 0.4) is 0 Å². The summed E-state index contributed by atoms with van der Waals surface area (Å²) in [6, 6.07) is 14.6. The van der Waals surface area contributed by atoms with Gasteiger partial charge in [-0.15, -0.1) is 5.10 Å². The average molecular weight is 369 g/mol. The molecule has 0 amide bonds. The van der Waals surface area contributed by atoms with Gasteiger partial charge >= 0.3 is 5.97 Å². The van der Waals surface area contributed by atoms with Crippen LogP contribution in [0.2, 0.25) is 0 Å². The van der Waals surface area contributed by atoms with Crippen LogP contribution >= 0.6 is 15.9 Å². The fourth-order valence-corrected chi connectivity index (χ4v) is 2.85. The third-order valence-corrected chi connectivity index (χ3v) is 4.13. The van der Waals surface area contributed by atoms with Gasteiger partial charge in [0.1, 0.15) is 5.52 Å². The van der Waals surface area contributed by atoms with Crippen LogP contribution in [0.5, 0.6) is 0 Å². The Morgan fingerprint density at radius 2 is 1.87 bits per heavy atom. The zero-order valence-corrected chi connectivity index (χ0v) is 13.3. The van der Waals surface area contributed by atoms with E-state index in [2.05, 4.69) is 31.2 Å². The van der Waals surface area contributed by atoms with E-state index in [0.717, 1.165) is 20.1 Å². The van der Waals surface area contributed by atoms with Crippen molar-refractivity contribution in [1.29, 1.82) is 0 Å². The molecule has 4 rings (SSSR count). The Balaban J connectivity index is 1.77. The smallest absolute Gasteiger partial charge is 0.310 e. The number of halogens is 1. The monoisotopic (exact) mass is 368 g/mol. The molecule has 0 aliphatic rings. The number of pyridine rings is 1. The lowest BCUT2D eigenvalue weighted by atomic mass is 10.1. The van der Waals surface area contributed by atoms with Gasteiger partial charge in [0.05, 0.1) is 5.56 Å². The van der Waals surface area contributed by atoms with Crippen LogP contribution in [0, 0.1) is 0 Å². The maximum absolute atomic E-state index is 12.5. The Hall–Kier alpha value is -2.80. The van der Waals surface area contributed by atoms with Crippen molar-refractivity contribution < 1.29 is 9.63 Å². The minimum atomic E-state index is -0.522. The van der Waals surface area contributed by atoms with Gasteiger partial charge in [0.15, 0.2) is 0 Å². The summed E-state index contributed by atoms with van der Waals surface area (Å²) in [5, 5.41) is 9.45. The van der Waals surface area contributed by atoms with E-state index in [0.29, 0.717) is 16.7 Å². The molecule has 112 valence electrons. The van der Waals surface area contributed by atoms with Crippen LogP contribution < -0.4 is 4.84 Å². The number of nitrogens with zero attached hydrogens (tertiary/aromatic N) is 4. The molecule has 2 aromatic heterocycles. The topological polar surface area (TPSA) is 69.9 Å². The number of hydrogen-bond acceptors (Lipinski definition) is 5. The molecule has 2 aromatic carbocycles. The van der Waals surface area contributed by atoms with E-state index in [4.69, 9.17) is 4.84 Å². The van der Waals surface area contributed by atoms with Crippen molar-refractivity contribution in [2.45, 2.75) is 0 Å². The lowest BCUT2D eigenvalue weighted by Gasteiger charge is -2.07. The predicted octanol–water partition coefficient (Wildman–Crippen LogP) is 3.01. The van der Waals surface area contributed by atoms with Gasteiger partial charge in [-0.25, -0.2) is 9.78 Å². The van der Waals surface area contributed by atoms with Crippen molar-refractivity contribution in [3.8, 4) is 0 Å². The fraction of sp³-hybridized carbons (Fsp3) is 0. The summed E-state index contributed by atoms with van der Waals surface area (Å²) in [5.74, 6) is -0.522. The molecule has 4 aromatic rings. The third-order valence-electron chi connectivity index (χ3n) is 3.44. The highest BCUT2D eigenvalue weighted by Gasteiger charge is 2.16. The Kier molecular flexibility index (Phi) is 3.27. The SMILES string of the molecule is O=C(On1nnc2cccnc21)c1ccc(Br)c2ccccc12. The van der Waals surface area contributed by atoms with Gasteiger partial charge in [0.2, 0.25) is 5.65 Å². The van der Waals surface area contributed by atoms with Crippen molar-refractivity contribution in [3.05, 3.63) is 64.8 Å². The summed E-state index contributed by atoms with van der Waals surface area (Å²) in [5.41, 5.74) is 1.40. The van der Waals surface area contributed by atoms with Crippen molar-refractivity contribution >= 4 is 43.8 Å². The third kappa shape index (κ3) is 2.35. The van der Waals surface area contributed by atoms with Crippen molar-refractivity contribution in [1.82, 2.24) is 20.1 Å². The van der Waals surface area contributed by atoms with Crippen molar-refractivity contribution in [2.24, 2.45) is 0 Å². The van der Waals surface area contributed by atoms with Gasteiger partial charge in [0.25, 0.3) is 0 Å². The molecule has 7 heteroatoms. The fourth-order valence-electron chi connectivity index (χ4n) is 2.37. The zero-order chi connectivity index (χ0) is 15.8. The van der Waals surface area contributed by atoms with Gasteiger partial charge in [-0.2, -0.15) is 0 Å². The Bertz CT molecular complexity index is 1040. The minimum Gasteiger partial charge on any atom is -0.310 e. The molecule has 0 bridgehead atoms. The van der Waals surface area contributed by atoms with E-state index >= 15 is 0 Å². The number of fused-ring (bicyclic) bond motifs is 2. The first-order chi connectivity index (χ1) is 11.2. The molecule has 6 nitrogen and oxygen atoms in total. The highest BCUT2D eigenvalue weighted by Crippen LogP contribution is 2.27. The highest BCUT2D eigenvalue weighted by atomic mass is 79.9. The molecule has 0 unspecified atom stereocenters. The molecular formula is C16H9BrN4O2. The highest BCUT2D eigenvalue weighted by molar-refractivity contribution is 9.10. The lowest BCUT2D eigenvalue weighted by Crippen LogP contribution is -2.21. The van der Waals surface area contributed by atoms with Crippen LogP contribution in [0.25, 0.3) is 21.9 Å². The number of rotatable bonds is 2. The maximum Gasteiger partial charge on any atom is 0.366 e. The molecule has 23 heavy (non-hydrogen) atoms. The van der Waals surface area contributed by atoms with Gasteiger partial charge < -0.3 is 4.84 Å². The summed E-state index contributed by atoms with van der Waals surface area (Å²) in [6.45, 7) is 0. The molecule has 0 atom stereocenters. The first kappa shape index (κ1) is 13.8. The first-order valence-electron chi connectivity index (χ1n) is 6.80. The van der Waals surface area contributed by atoms with Gasteiger partial charge in [-0.1, -0.05) is 40.2 Å². The van der Waals surface area contributed by atoms with E-state index in [1.807, 2.05) is 30.3 Å². The Morgan fingerprint density at radius 1 is 1.04 bits per heavy atom. The van der Waals surface area contributed by atoms with Crippen molar-refractivity contribution in [2.75, 3.05) is 0 Å². The quantitative estimate of drug-likeness (QED) is 0.508. The molecule has 0 saturated heterocycles. The second kappa shape index (κ2) is 5.44. The van der Waals surface area contributed by atoms with Crippen LogP contribution in [-0.4, -0.2) is 26.1 Å². The first-order valence-corrected chi connectivity index (χ1v) is 7.60. The van der Waals surface area contributed by atoms with Crippen LogP contribution in [0.1, 0.15) is 10.4 Å². The van der Waals surface area contributed by atoms with Crippen LogP contribution in [0.15, 0.2) is 59.2 Å². The Morgan fingerprint density at radius 3 is 2.74 bits per heavy atom. The normalized spacial score (nSPS) is 11.0. The minimum absolute atomic E-state index is 0.391. The molecule has 0 aliphatic heterocycles. The van der Waals surface area contributed by atoms with E-state index in [1.165, 1.54) is 0 Å².